The lowest BCUT2D eigenvalue weighted by Crippen LogP contribution is -2.05. The van der Waals surface area contributed by atoms with Crippen LogP contribution in [-0.2, 0) is 4.74 Å². The number of carbonyl (C=O) groups excluding carboxylic acids is 1. The zero-order valence-corrected chi connectivity index (χ0v) is 12.8. The first kappa shape index (κ1) is 15.2. The molecule has 0 radical (unpaired) electrons. The Morgan fingerprint density at radius 1 is 1.13 bits per heavy atom. The van der Waals surface area contributed by atoms with Gasteiger partial charge >= 0.3 is 5.97 Å². The Labute approximate surface area is 136 Å². The highest BCUT2D eigenvalue weighted by Gasteiger charge is 2.19. The predicted octanol–water partition coefficient (Wildman–Crippen LogP) is 3.51. The molecule has 0 saturated carbocycles. The summed E-state index contributed by atoms with van der Waals surface area (Å²) in [5.41, 5.74) is 1.28. The SMILES string of the molecule is COC(=O)c1nc(-c2ccc(Cl)cc2)n(-c2ccc(F)cc2)n1. The Hall–Kier alpha value is -2.73. The third-order valence-electron chi connectivity index (χ3n) is 3.15. The fourth-order valence-electron chi connectivity index (χ4n) is 2.04. The van der Waals surface area contributed by atoms with Crippen molar-refractivity contribution < 1.29 is 13.9 Å². The Morgan fingerprint density at radius 2 is 1.78 bits per heavy atom. The highest BCUT2D eigenvalue weighted by molar-refractivity contribution is 6.30. The van der Waals surface area contributed by atoms with Gasteiger partial charge in [0, 0.05) is 10.6 Å². The molecule has 3 rings (SSSR count). The summed E-state index contributed by atoms with van der Waals surface area (Å²) >= 11 is 5.89. The number of carbonyl (C=O) groups is 1. The number of aromatic nitrogens is 3. The number of ether oxygens (including phenoxy) is 1. The lowest BCUT2D eigenvalue weighted by Gasteiger charge is -2.05. The maximum atomic E-state index is 13.1. The summed E-state index contributed by atoms with van der Waals surface area (Å²) in [6, 6.07) is 12.6. The fourth-order valence-corrected chi connectivity index (χ4v) is 2.16. The number of esters is 1. The van der Waals surface area contributed by atoms with E-state index in [1.165, 1.54) is 23.9 Å². The van der Waals surface area contributed by atoms with Gasteiger partial charge in [-0.15, -0.1) is 5.10 Å². The summed E-state index contributed by atoms with van der Waals surface area (Å²) in [5.74, 6) is -0.674. The summed E-state index contributed by atoms with van der Waals surface area (Å²) in [6.07, 6.45) is 0. The number of methoxy groups -OCH3 is 1. The maximum absolute atomic E-state index is 13.1. The molecule has 1 aromatic heterocycles. The number of hydrogen-bond donors (Lipinski definition) is 0. The molecule has 0 fully saturated rings. The van der Waals surface area contributed by atoms with Crippen LogP contribution < -0.4 is 0 Å². The minimum Gasteiger partial charge on any atom is -0.463 e. The average molecular weight is 332 g/mol. The van der Waals surface area contributed by atoms with Crippen molar-refractivity contribution >= 4 is 17.6 Å². The van der Waals surface area contributed by atoms with E-state index < -0.39 is 5.97 Å². The standard InChI is InChI=1S/C16H11ClFN3O2/c1-23-16(22)14-19-15(10-2-4-11(17)5-3-10)21(20-14)13-8-6-12(18)7-9-13/h2-9H,1H3. The van der Waals surface area contributed by atoms with E-state index in [4.69, 9.17) is 11.6 Å². The molecule has 0 aliphatic carbocycles. The van der Waals surface area contributed by atoms with Crippen LogP contribution in [-0.4, -0.2) is 27.8 Å². The lowest BCUT2D eigenvalue weighted by molar-refractivity contribution is 0.0587. The first-order valence-electron chi connectivity index (χ1n) is 6.66. The number of benzene rings is 2. The van der Waals surface area contributed by atoms with Gasteiger partial charge in [0.2, 0.25) is 0 Å². The second kappa shape index (κ2) is 6.18. The molecular weight excluding hydrogens is 321 g/mol. The lowest BCUT2D eigenvalue weighted by atomic mass is 10.2. The van der Waals surface area contributed by atoms with Gasteiger partial charge in [-0.3, -0.25) is 0 Å². The van der Waals surface area contributed by atoms with Crippen LogP contribution >= 0.6 is 11.6 Å². The minimum absolute atomic E-state index is 0.0817. The number of rotatable bonds is 3. The van der Waals surface area contributed by atoms with E-state index in [9.17, 15) is 9.18 Å². The summed E-state index contributed by atoms with van der Waals surface area (Å²) in [6.45, 7) is 0. The van der Waals surface area contributed by atoms with Crippen molar-refractivity contribution in [1.82, 2.24) is 14.8 Å². The van der Waals surface area contributed by atoms with Crippen LogP contribution in [0.4, 0.5) is 4.39 Å². The molecule has 0 atom stereocenters. The third kappa shape index (κ3) is 3.07. The molecule has 0 unspecified atom stereocenters. The van der Waals surface area contributed by atoms with Crippen LogP contribution in [0.1, 0.15) is 10.6 Å². The van der Waals surface area contributed by atoms with E-state index in [0.29, 0.717) is 22.1 Å². The van der Waals surface area contributed by atoms with Gasteiger partial charge in [-0.05, 0) is 48.5 Å². The third-order valence-corrected chi connectivity index (χ3v) is 3.40. The van der Waals surface area contributed by atoms with Crippen molar-refractivity contribution in [3.63, 3.8) is 0 Å². The Bertz CT molecular complexity index is 782. The molecule has 0 saturated heterocycles. The molecule has 0 amide bonds. The fraction of sp³-hybridized carbons (Fsp3) is 0.0625. The average Bonchev–Trinajstić information content (AvgIpc) is 3.01. The molecule has 5 nitrogen and oxygen atoms in total. The van der Waals surface area contributed by atoms with Crippen LogP contribution in [0.25, 0.3) is 17.1 Å². The predicted molar refractivity (Wildman–Crippen MR) is 83.1 cm³/mol. The summed E-state index contributed by atoms with van der Waals surface area (Å²) in [4.78, 5) is 15.9. The van der Waals surface area contributed by atoms with E-state index in [-0.39, 0.29) is 11.6 Å². The van der Waals surface area contributed by atoms with E-state index in [2.05, 4.69) is 14.8 Å². The second-order valence-corrected chi connectivity index (χ2v) is 5.08. The monoisotopic (exact) mass is 331 g/mol. The topological polar surface area (TPSA) is 57.0 Å². The normalized spacial score (nSPS) is 10.6. The van der Waals surface area contributed by atoms with Gasteiger partial charge in [-0.1, -0.05) is 11.6 Å². The van der Waals surface area contributed by atoms with Crippen molar-refractivity contribution in [2.75, 3.05) is 7.11 Å². The van der Waals surface area contributed by atoms with Crippen molar-refractivity contribution in [1.29, 1.82) is 0 Å². The van der Waals surface area contributed by atoms with Crippen LogP contribution in [0.2, 0.25) is 5.02 Å². The molecule has 3 aromatic rings. The molecule has 0 spiro atoms. The molecule has 7 heteroatoms. The van der Waals surface area contributed by atoms with Crippen molar-refractivity contribution in [2.45, 2.75) is 0 Å². The van der Waals surface area contributed by atoms with Crippen LogP contribution in [0, 0.1) is 5.82 Å². The zero-order valence-electron chi connectivity index (χ0n) is 12.0. The van der Waals surface area contributed by atoms with Gasteiger partial charge in [-0.2, -0.15) is 0 Å². The van der Waals surface area contributed by atoms with E-state index >= 15 is 0 Å². The van der Waals surface area contributed by atoms with E-state index in [0.717, 1.165) is 0 Å². The van der Waals surface area contributed by atoms with Crippen LogP contribution in [0.15, 0.2) is 48.5 Å². The van der Waals surface area contributed by atoms with Gasteiger partial charge < -0.3 is 4.74 Å². The van der Waals surface area contributed by atoms with Gasteiger partial charge in [0.15, 0.2) is 5.82 Å². The first-order chi connectivity index (χ1) is 11.1. The number of halogens is 2. The molecule has 0 N–H and O–H groups in total. The van der Waals surface area contributed by atoms with Gasteiger partial charge in [-0.25, -0.2) is 18.9 Å². The quantitative estimate of drug-likeness (QED) is 0.689. The van der Waals surface area contributed by atoms with E-state index in [1.54, 1.807) is 36.4 Å². The molecule has 23 heavy (non-hydrogen) atoms. The first-order valence-corrected chi connectivity index (χ1v) is 7.03. The Morgan fingerprint density at radius 3 is 2.39 bits per heavy atom. The summed E-state index contributed by atoms with van der Waals surface area (Å²) in [7, 11) is 1.25. The summed E-state index contributed by atoms with van der Waals surface area (Å²) in [5, 5.41) is 4.73. The molecule has 0 bridgehead atoms. The largest absolute Gasteiger partial charge is 0.463 e. The second-order valence-electron chi connectivity index (χ2n) is 4.65. The van der Waals surface area contributed by atoms with Gasteiger partial charge in [0.25, 0.3) is 5.82 Å². The van der Waals surface area contributed by atoms with Gasteiger partial charge in [0.1, 0.15) is 5.82 Å². The van der Waals surface area contributed by atoms with Crippen molar-refractivity contribution in [2.24, 2.45) is 0 Å². The molecular formula is C16H11ClFN3O2. The van der Waals surface area contributed by atoms with Gasteiger partial charge in [0.05, 0.1) is 12.8 Å². The Balaban J connectivity index is 2.16. The van der Waals surface area contributed by atoms with Crippen LogP contribution in [0.3, 0.4) is 0 Å². The Kier molecular flexibility index (Phi) is 4.08. The van der Waals surface area contributed by atoms with Crippen molar-refractivity contribution in [3.8, 4) is 17.1 Å². The smallest absolute Gasteiger partial charge is 0.377 e. The highest BCUT2D eigenvalue weighted by Crippen LogP contribution is 2.23. The summed E-state index contributed by atoms with van der Waals surface area (Å²) < 4.78 is 19.2. The maximum Gasteiger partial charge on any atom is 0.377 e. The minimum atomic E-state index is -0.652. The number of hydrogen-bond acceptors (Lipinski definition) is 4. The zero-order chi connectivity index (χ0) is 16.4. The molecule has 1 heterocycles. The highest BCUT2D eigenvalue weighted by atomic mass is 35.5. The molecule has 0 aliphatic rings. The molecule has 0 aliphatic heterocycles. The van der Waals surface area contributed by atoms with E-state index in [1.807, 2.05) is 0 Å². The van der Waals surface area contributed by atoms with Crippen molar-refractivity contribution in [3.05, 3.63) is 65.2 Å². The molecule has 2 aromatic carbocycles. The number of nitrogens with zero attached hydrogens (tertiary/aromatic N) is 3. The van der Waals surface area contributed by atoms with Crippen LogP contribution in [0.5, 0.6) is 0 Å². The molecule has 116 valence electrons.